The van der Waals surface area contributed by atoms with E-state index in [0.717, 1.165) is 23.2 Å². The maximum absolute atomic E-state index is 5.04. The Bertz CT molecular complexity index is 303. The molecule has 68 valence electrons. The molecule has 1 fully saturated rings. The Morgan fingerprint density at radius 1 is 1.46 bits per heavy atom. The van der Waals surface area contributed by atoms with E-state index in [4.69, 9.17) is 4.74 Å². The van der Waals surface area contributed by atoms with Gasteiger partial charge >= 0.3 is 0 Å². The van der Waals surface area contributed by atoms with Gasteiger partial charge in [0.2, 0.25) is 0 Å². The minimum absolute atomic E-state index is 0.381. The van der Waals surface area contributed by atoms with Crippen LogP contribution in [-0.4, -0.2) is 25.5 Å². The number of epoxide rings is 1. The largest absolute Gasteiger partial charge is 0.371 e. The molecule has 1 atom stereocenters. The molecule has 0 amide bonds. The predicted octanol–water partition coefficient (Wildman–Crippen LogP) is 2.27. The van der Waals surface area contributed by atoms with E-state index >= 15 is 0 Å². The van der Waals surface area contributed by atoms with E-state index < -0.39 is 0 Å². The molecule has 1 heterocycles. The lowest BCUT2D eigenvalue weighted by Gasteiger charge is -1.92. The summed E-state index contributed by atoms with van der Waals surface area (Å²) in [6.07, 6.45) is 2.26. The maximum atomic E-state index is 5.04. The standard InChI is InChI=1S/C10H10BrNO/c11-9-3-1-8(2-4-9)5-12-6-10-7-13-10/h1-5,10H,6-7H2. The van der Waals surface area contributed by atoms with Crippen molar-refractivity contribution in [2.45, 2.75) is 6.10 Å². The molecule has 2 rings (SSSR count). The van der Waals surface area contributed by atoms with Crippen LogP contribution in [0.15, 0.2) is 33.7 Å². The molecule has 0 saturated carbocycles. The fourth-order valence-electron chi connectivity index (χ4n) is 0.998. The summed E-state index contributed by atoms with van der Waals surface area (Å²) in [5.74, 6) is 0. The molecule has 3 heteroatoms. The van der Waals surface area contributed by atoms with Gasteiger partial charge in [0.15, 0.2) is 0 Å². The smallest absolute Gasteiger partial charge is 0.100 e. The fourth-order valence-corrected chi connectivity index (χ4v) is 1.26. The first-order valence-corrected chi connectivity index (χ1v) is 5.01. The number of nitrogens with zero attached hydrogens (tertiary/aromatic N) is 1. The van der Waals surface area contributed by atoms with Crippen molar-refractivity contribution in [2.75, 3.05) is 13.2 Å². The third-order valence-corrected chi connectivity index (χ3v) is 2.35. The van der Waals surface area contributed by atoms with Crippen LogP contribution < -0.4 is 0 Å². The van der Waals surface area contributed by atoms with Crippen molar-refractivity contribution >= 4 is 22.1 Å². The number of aliphatic imine (C=N–C) groups is 1. The molecule has 2 nitrogen and oxygen atoms in total. The molecule has 0 radical (unpaired) electrons. The number of benzene rings is 1. The summed E-state index contributed by atoms with van der Waals surface area (Å²) >= 11 is 3.38. The van der Waals surface area contributed by atoms with Gasteiger partial charge in [0, 0.05) is 10.7 Å². The van der Waals surface area contributed by atoms with Gasteiger partial charge in [-0.3, -0.25) is 4.99 Å². The third kappa shape index (κ3) is 2.94. The lowest BCUT2D eigenvalue weighted by molar-refractivity contribution is 0.413. The average Bonchev–Trinajstić information content (AvgIpc) is 2.92. The van der Waals surface area contributed by atoms with Crippen LogP contribution >= 0.6 is 15.9 Å². The van der Waals surface area contributed by atoms with E-state index in [1.807, 2.05) is 30.5 Å². The maximum Gasteiger partial charge on any atom is 0.100 e. The van der Waals surface area contributed by atoms with E-state index in [1.165, 1.54) is 0 Å². The Hall–Kier alpha value is -0.670. The Morgan fingerprint density at radius 2 is 2.15 bits per heavy atom. The Kier molecular flexibility index (Phi) is 2.76. The zero-order chi connectivity index (χ0) is 9.10. The van der Waals surface area contributed by atoms with Gasteiger partial charge in [0.25, 0.3) is 0 Å². The van der Waals surface area contributed by atoms with Gasteiger partial charge in [-0.05, 0) is 17.7 Å². The highest BCUT2D eigenvalue weighted by Gasteiger charge is 2.20. The molecule has 1 aliphatic heterocycles. The quantitative estimate of drug-likeness (QED) is 0.587. The summed E-state index contributed by atoms with van der Waals surface area (Å²) in [6, 6.07) is 8.08. The molecule has 1 saturated heterocycles. The molecule has 1 aromatic carbocycles. The van der Waals surface area contributed by atoms with Crippen molar-refractivity contribution in [3.05, 3.63) is 34.3 Å². The van der Waals surface area contributed by atoms with Gasteiger partial charge in [0.1, 0.15) is 6.10 Å². The van der Waals surface area contributed by atoms with Gasteiger partial charge in [-0.2, -0.15) is 0 Å². The van der Waals surface area contributed by atoms with E-state index in [-0.39, 0.29) is 0 Å². The summed E-state index contributed by atoms with van der Waals surface area (Å²) < 4.78 is 6.14. The highest BCUT2D eigenvalue weighted by atomic mass is 79.9. The van der Waals surface area contributed by atoms with Crippen LogP contribution in [0, 0.1) is 0 Å². The minimum atomic E-state index is 0.381. The minimum Gasteiger partial charge on any atom is -0.371 e. The first kappa shape index (κ1) is 8.91. The van der Waals surface area contributed by atoms with Gasteiger partial charge in [-0.1, -0.05) is 28.1 Å². The predicted molar refractivity (Wildman–Crippen MR) is 56.3 cm³/mol. The Morgan fingerprint density at radius 3 is 2.77 bits per heavy atom. The topological polar surface area (TPSA) is 24.9 Å². The third-order valence-electron chi connectivity index (χ3n) is 1.82. The van der Waals surface area contributed by atoms with Crippen molar-refractivity contribution in [1.82, 2.24) is 0 Å². The van der Waals surface area contributed by atoms with Crippen molar-refractivity contribution in [1.29, 1.82) is 0 Å². The molecular weight excluding hydrogens is 230 g/mol. The van der Waals surface area contributed by atoms with Gasteiger partial charge in [-0.25, -0.2) is 0 Å². The number of halogens is 1. The molecule has 1 aliphatic rings. The number of rotatable bonds is 3. The summed E-state index contributed by atoms with van der Waals surface area (Å²) in [5, 5.41) is 0. The lowest BCUT2D eigenvalue weighted by Crippen LogP contribution is -1.91. The fraction of sp³-hybridized carbons (Fsp3) is 0.300. The zero-order valence-electron chi connectivity index (χ0n) is 7.11. The van der Waals surface area contributed by atoms with E-state index in [9.17, 15) is 0 Å². The average molecular weight is 240 g/mol. The van der Waals surface area contributed by atoms with Crippen molar-refractivity contribution in [3.63, 3.8) is 0 Å². The van der Waals surface area contributed by atoms with Crippen LogP contribution in [0.5, 0.6) is 0 Å². The van der Waals surface area contributed by atoms with Crippen molar-refractivity contribution in [2.24, 2.45) is 4.99 Å². The second-order valence-electron chi connectivity index (χ2n) is 3.00. The van der Waals surface area contributed by atoms with Crippen LogP contribution in [0.25, 0.3) is 0 Å². The van der Waals surface area contributed by atoms with Gasteiger partial charge in [-0.15, -0.1) is 0 Å². The summed E-state index contributed by atoms with van der Waals surface area (Å²) in [5.41, 5.74) is 1.13. The summed E-state index contributed by atoms with van der Waals surface area (Å²) in [6.45, 7) is 1.66. The number of hydrogen-bond acceptors (Lipinski definition) is 2. The molecule has 1 unspecified atom stereocenters. The molecule has 0 bridgehead atoms. The highest BCUT2D eigenvalue weighted by Crippen LogP contribution is 2.10. The van der Waals surface area contributed by atoms with Crippen molar-refractivity contribution < 1.29 is 4.74 Å². The highest BCUT2D eigenvalue weighted by molar-refractivity contribution is 9.10. The molecule has 1 aromatic rings. The monoisotopic (exact) mass is 239 g/mol. The van der Waals surface area contributed by atoms with E-state index in [1.54, 1.807) is 0 Å². The molecule has 13 heavy (non-hydrogen) atoms. The number of ether oxygens (including phenoxy) is 1. The second kappa shape index (κ2) is 4.03. The summed E-state index contributed by atoms with van der Waals surface area (Å²) in [7, 11) is 0. The molecule has 0 spiro atoms. The lowest BCUT2D eigenvalue weighted by atomic mass is 10.2. The van der Waals surface area contributed by atoms with Crippen LogP contribution in [0.1, 0.15) is 5.56 Å². The summed E-state index contributed by atoms with van der Waals surface area (Å²) in [4.78, 5) is 4.27. The van der Waals surface area contributed by atoms with Crippen LogP contribution in [0.4, 0.5) is 0 Å². The van der Waals surface area contributed by atoms with E-state index in [0.29, 0.717) is 6.10 Å². The molecular formula is C10H10BrNO. The van der Waals surface area contributed by atoms with Gasteiger partial charge < -0.3 is 4.74 Å². The van der Waals surface area contributed by atoms with E-state index in [2.05, 4.69) is 20.9 Å². The number of hydrogen-bond donors (Lipinski definition) is 0. The SMILES string of the molecule is Brc1ccc(C=NCC2CO2)cc1. The van der Waals surface area contributed by atoms with Crippen LogP contribution in [0.2, 0.25) is 0 Å². The second-order valence-corrected chi connectivity index (χ2v) is 3.92. The molecule has 0 aromatic heterocycles. The zero-order valence-corrected chi connectivity index (χ0v) is 8.70. The Balaban J connectivity index is 1.92. The molecule has 0 N–H and O–H groups in total. The van der Waals surface area contributed by atoms with Crippen molar-refractivity contribution in [3.8, 4) is 0 Å². The van der Waals surface area contributed by atoms with Gasteiger partial charge in [0.05, 0.1) is 13.2 Å². The van der Waals surface area contributed by atoms with Crippen LogP contribution in [0.3, 0.4) is 0 Å². The Labute approximate surface area is 85.8 Å². The first-order valence-electron chi connectivity index (χ1n) is 4.21. The molecule has 0 aliphatic carbocycles. The van der Waals surface area contributed by atoms with Crippen LogP contribution in [-0.2, 0) is 4.74 Å². The normalized spacial score (nSPS) is 20.8. The first-order chi connectivity index (χ1) is 6.34.